The summed E-state index contributed by atoms with van der Waals surface area (Å²) in [5.74, 6) is -0.933. The summed E-state index contributed by atoms with van der Waals surface area (Å²) in [5, 5.41) is 14.1. The summed E-state index contributed by atoms with van der Waals surface area (Å²) >= 11 is 0. The molecule has 1 saturated carbocycles. The maximum atomic E-state index is 11.4. The van der Waals surface area contributed by atoms with Gasteiger partial charge in [0.05, 0.1) is 18.1 Å². The number of ether oxygens (including phenoxy) is 1. The Morgan fingerprint density at radius 1 is 1.26 bits per heavy atom. The van der Waals surface area contributed by atoms with E-state index in [2.05, 4.69) is 10.6 Å². The lowest BCUT2D eigenvalue weighted by Crippen LogP contribution is -2.44. The van der Waals surface area contributed by atoms with Gasteiger partial charge in [-0.1, -0.05) is 12.8 Å². The van der Waals surface area contributed by atoms with Crippen LogP contribution in [0.3, 0.4) is 0 Å². The molecule has 3 N–H and O–H groups in total. The van der Waals surface area contributed by atoms with E-state index in [0.29, 0.717) is 19.3 Å². The molecule has 0 aromatic heterocycles. The van der Waals surface area contributed by atoms with E-state index < -0.39 is 11.4 Å². The minimum absolute atomic E-state index is 0.0949. The normalized spacial score (nSPS) is 16.3. The molecule has 6 heteroatoms. The Labute approximate surface area is 113 Å². The van der Waals surface area contributed by atoms with Gasteiger partial charge >= 0.3 is 12.0 Å². The van der Waals surface area contributed by atoms with Crippen LogP contribution < -0.4 is 10.6 Å². The van der Waals surface area contributed by atoms with Gasteiger partial charge in [0.2, 0.25) is 0 Å². The fourth-order valence-electron chi connectivity index (χ4n) is 1.88. The molecule has 6 nitrogen and oxygen atoms in total. The summed E-state index contributed by atoms with van der Waals surface area (Å²) in [6.45, 7) is 4.17. The van der Waals surface area contributed by atoms with Gasteiger partial charge in [0.25, 0.3) is 0 Å². The van der Waals surface area contributed by atoms with Crippen LogP contribution in [0, 0.1) is 5.41 Å². The smallest absolute Gasteiger partial charge is 0.314 e. The molecule has 0 bridgehead atoms. The molecule has 0 radical (unpaired) electrons. The summed E-state index contributed by atoms with van der Waals surface area (Å²) < 4.78 is 5.60. The van der Waals surface area contributed by atoms with Crippen molar-refractivity contribution in [1.82, 2.24) is 10.6 Å². The maximum Gasteiger partial charge on any atom is 0.314 e. The monoisotopic (exact) mass is 272 g/mol. The fourth-order valence-corrected chi connectivity index (χ4v) is 1.88. The Morgan fingerprint density at radius 3 is 2.47 bits per heavy atom. The minimum atomic E-state index is -0.961. The van der Waals surface area contributed by atoms with Crippen LogP contribution >= 0.6 is 0 Å². The fraction of sp³-hybridized carbons (Fsp3) is 0.846. The number of hydrogen-bond donors (Lipinski definition) is 3. The van der Waals surface area contributed by atoms with E-state index in [1.165, 1.54) is 12.8 Å². The highest BCUT2D eigenvalue weighted by atomic mass is 16.5. The van der Waals surface area contributed by atoms with Crippen LogP contribution in [0.15, 0.2) is 0 Å². The lowest BCUT2D eigenvalue weighted by atomic mass is 9.94. The topological polar surface area (TPSA) is 87.7 Å². The van der Waals surface area contributed by atoms with E-state index in [4.69, 9.17) is 9.84 Å². The number of carboxylic acids is 1. The lowest BCUT2D eigenvalue weighted by molar-refractivity contribution is -0.146. The van der Waals surface area contributed by atoms with Crippen molar-refractivity contribution in [2.75, 3.05) is 19.7 Å². The van der Waals surface area contributed by atoms with Crippen LogP contribution in [0.5, 0.6) is 0 Å². The predicted octanol–water partition coefficient (Wildman–Crippen LogP) is 1.36. The van der Waals surface area contributed by atoms with Crippen molar-refractivity contribution in [2.45, 2.75) is 45.6 Å². The van der Waals surface area contributed by atoms with Crippen LogP contribution in [0.2, 0.25) is 0 Å². The molecule has 0 heterocycles. The highest BCUT2D eigenvalue weighted by Gasteiger charge is 2.27. The number of rotatable bonds is 7. The van der Waals surface area contributed by atoms with Gasteiger partial charge in [-0.15, -0.1) is 0 Å². The van der Waals surface area contributed by atoms with Crippen molar-refractivity contribution < 1.29 is 19.4 Å². The van der Waals surface area contributed by atoms with Crippen LogP contribution in [0.1, 0.15) is 39.5 Å². The van der Waals surface area contributed by atoms with Crippen LogP contribution in [0.25, 0.3) is 0 Å². The van der Waals surface area contributed by atoms with E-state index in [9.17, 15) is 9.59 Å². The minimum Gasteiger partial charge on any atom is -0.481 e. The van der Waals surface area contributed by atoms with Crippen molar-refractivity contribution in [3.05, 3.63) is 0 Å². The van der Waals surface area contributed by atoms with Crippen molar-refractivity contribution in [3.8, 4) is 0 Å². The number of hydrogen-bond acceptors (Lipinski definition) is 3. The Balaban J connectivity index is 2.06. The number of carbonyl (C=O) groups excluding carboxylic acids is 1. The van der Waals surface area contributed by atoms with Crippen molar-refractivity contribution >= 4 is 12.0 Å². The second kappa shape index (κ2) is 7.33. The largest absolute Gasteiger partial charge is 0.481 e. The van der Waals surface area contributed by atoms with E-state index in [0.717, 1.165) is 12.8 Å². The molecule has 0 saturated heterocycles. The highest BCUT2D eigenvalue weighted by molar-refractivity contribution is 5.77. The molecule has 1 aliphatic rings. The van der Waals surface area contributed by atoms with E-state index >= 15 is 0 Å². The molecule has 0 unspecified atom stereocenters. The van der Waals surface area contributed by atoms with Gasteiger partial charge in [0.15, 0.2) is 0 Å². The Bertz CT molecular complexity index is 312. The molecule has 1 aliphatic carbocycles. The zero-order chi connectivity index (χ0) is 14.3. The average Bonchev–Trinajstić information content (AvgIpc) is 2.85. The molecular weight excluding hydrogens is 248 g/mol. The van der Waals surface area contributed by atoms with E-state index in [1.54, 1.807) is 13.8 Å². The average molecular weight is 272 g/mol. The second-order valence-electron chi connectivity index (χ2n) is 5.58. The third kappa shape index (κ3) is 5.92. The van der Waals surface area contributed by atoms with E-state index in [-0.39, 0.29) is 12.6 Å². The standard InChI is InChI=1S/C13H24N2O4/c1-13(2,11(16)17)9-15-12(18)14-7-8-19-10-5-3-4-6-10/h10H,3-9H2,1-2H3,(H,16,17)(H2,14,15,18). The van der Waals surface area contributed by atoms with E-state index in [1.807, 2.05) is 0 Å². The van der Waals surface area contributed by atoms with Gasteiger partial charge < -0.3 is 20.5 Å². The third-order valence-electron chi connectivity index (χ3n) is 3.31. The number of aliphatic carboxylic acids is 1. The molecule has 0 aromatic rings. The highest BCUT2D eigenvalue weighted by Crippen LogP contribution is 2.20. The molecular formula is C13H24N2O4. The molecule has 1 rings (SSSR count). The van der Waals surface area contributed by atoms with Crippen LogP contribution in [-0.2, 0) is 9.53 Å². The first kappa shape index (κ1) is 15.8. The molecule has 1 fully saturated rings. The maximum absolute atomic E-state index is 11.4. The predicted molar refractivity (Wildman–Crippen MR) is 71.0 cm³/mol. The van der Waals surface area contributed by atoms with Crippen molar-refractivity contribution in [1.29, 1.82) is 0 Å². The molecule has 19 heavy (non-hydrogen) atoms. The Morgan fingerprint density at radius 2 is 1.89 bits per heavy atom. The summed E-state index contributed by atoms with van der Waals surface area (Å²) in [6.07, 6.45) is 5.01. The number of urea groups is 1. The van der Waals surface area contributed by atoms with Gasteiger partial charge in [-0.3, -0.25) is 4.79 Å². The lowest BCUT2D eigenvalue weighted by Gasteiger charge is -2.19. The summed E-state index contributed by atoms with van der Waals surface area (Å²) in [6, 6.07) is -0.357. The first-order valence-electron chi connectivity index (χ1n) is 6.78. The van der Waals surface area contributed by atoms with Gasteiger partial charge in [0.1, 0.15) is 0 Å². The number of nitrogens with one attached hydrogen (secondary N) is 2. The van der Waals surface area contributed by atoms with Crippen molar-refractivity contribution in [2.24, 2.45) is 5.41 Å². The summed E-state index contributed by atoms with van der Waals surface area (Å²) in [5.41, 5.74) is -0.961. The zero-order valence-electron chi connectivity index (χ0n) is 11.7. The summed E-state index contributed by atoms with van der Waals surface area (Å²) in [4.78, 5) is 22.3. The molecule has 110 valence electrons. The van der Waals surface area contributed by atoms with Gasteiger partial charge in [-0.25, -0.2) is 4.79 Å². The quantitative estimate of drug-likeness (QED) is 0.611. The van der Waals surface area contributed by atoms with Gasteiger partial charge in [-0.05, 0) is 26.7 Å². The molecule has 0 atom stereocenters. The number of carboxylic acid groups (broad SMARTS) is 1. The third-order valence-corrected chi connectivity index (χ3v) is 3.31. The SMILES string of the molecule is CC(C)(CNC(=O)NCCOC1CCCC1)C(=O)O. The number of carbonyl (C=O) groups is 2. The molecule has 0 aliphatic heterocycles. The van der Waals surface area contributed by atoms with Crippen molar-refractivity contribution in [3.63, 3.8) is 0 Å². The molecule has 0 aromatic carbocycles. The Hall–Kier alpha value is -1.30. The molecule has 2 amide bonds. The second-order valence-corrected chi connectivity index (χ2v) is 5.58. The Kier molecular flexibility index (Phi) is 6.08. The van der Waals surface area contributed by atoms with Crippen LogP contribution in [0.4, 0.5) is 4.79 Å². The zero-order valence-corrected chi connectivity index (χ0v) is 11.7. The number of amides is 2. The van der Waals surface area contributed by atoms with Gasteiger partial charge in [0, 0.05) is 13.1 Å². The summed E-state index contributed by atoms with van der Waals surface area (Å²) in [7, 11) is 0. The van der Waals surface area contributed by atoms with Gasteiger partial charge in [-0.2, -0.15) is 0 Å². The first-order chi connectivity index (χ1) is 8.92. The molecule has 0 spiro atoms. The van der Waals surface area contributed by atoms with Crippen LogP contribution in [-0.4, -0.2) is 42.9 Å². The first-order valence-corrected chi connectivity index (χ1v) is 6.78.